The van der Waals surface area contributed by atoms with Crippen molar-refractivity contribution in [2.24, 2.45) is 0 Å². The second-order valence-electron chi connectivity index (χ2n) is 6.85. The molecule has 29 heavy (non-hydrogen) atoms. The minimum absolute atomic E-state index is 0.0200. The lowest BCUT2D eigenvalue weighted by Crippen LogP contribution is -2.58. The summed E-state index contributed by atoms with van der Waals surface area (Å²) in [5, 5.41) is 20.6. The monoisotopic (exact) mass is 441 g/mol. The molecule has 0 aliphatic heterocycles. The maximum atomic E-state index is 13.4. The van der Waals surface area contributed by atoms with Crippen LogP contribution in [0.4, 0.5) is 0 Å². The fraction of sp³-hybridized carbons (Fsp3) is 0.350. The summed E-state index contributed by atoms with van der Waals surface area (Å²) in [4.78, 5) is 11.6. The highest BCUT2D eigenvalue weighted by atomic mass is 35.5. The lowest BCUT2D eigenvalue weighted by atomic mass is 9.96. The first-order valence-electron chi connectivity index (χ1n) is 8.81. The van der Waals surface area contributed by atoms with Crippen LogP contribution in [0.5, 0.6) is 0 Å². The number of aliphatic hydroxyl groups is 2. The molecule has 0 aliphatic rings. The Morgan fingerprint density at radius 1 is 1.17 bits per heavy atom. The number of hydrogen-bond donors (Lipinski definition) is 2. The van der Waals surface area contributed by atoms with Gasteiger partial charge in [-0.05, 0) is 55.8 Å². The van der Waals surface area contributed by atoms with Crippen LogP contribution in [0.15, 0.2) is 53.4 Å². The average molecular weight is 442 g/mol. The van der Waals surface area contributed by atoms with Crippen molar-refractivity contribution in [3.8, 4) is 0 Å². The Bertz CT molecular complexity index is 944. The molecule has 2 atom stereocenters. The molecule has 2 N–H and O–H groups in total. The zero-order chi connectivity index (χ0) is 21.8. The van der Waals surface area contributed by atoms with E-state index in [0.717, 1.165) is 4.31 Å². The van der Waals surface area contributed by atoms with Crippen LogP contribution in [-0.4, -0.2) is 54.3 Å². The van der Waals surface area contributed by atoms with Crippen LogP contribution in [0.2, 0.25) is 5.02 Å². The van der Waals surface area contributed by atoms with Gasteiger partial charge in [0, 0.05) is 11.6 Å². The number of ether oxygens (including phenoxy) is 1. The Morgan fingerprint density at radius 3 is 2.17 bits per heavy atom. The molecule has 0 spiro atoms. The van der Waals surface area contributed by atoms with Crippen LogP contribution in [0.1, 0.15) is 29.8 Å². The molecule has 0 saturated carbocycles. The molecule has 9 heteroatoms. The number of carbonyl (C=O) groups is 1. The number of benzene rings is 2. The van der Waals surface area contributed by atoms with Crippen molar-refractivity contribution in [2.45, 2.75) is 36.9 Å². The van der Waals surface area contributed by atoms with E-state index >= 15 is 0 Å². The van der Waals surface area contributed by atoms with E-state index in [1.807, 2.05) is 0 Å². The third-order valence-electron chi connectivity index (χ3n) is 4.89. The molecule has 2 aromatic rings. The second kappa shape index (κ2) is 9.23. The predicted molar refractivity (Wildman–Crippen MR) is 109 cm³/mol. The highest BCUT2D eigenvalue weighted by molar-refractivity contribution is 7.89. The van der Waals surface area contributed by atoms with E-state index < -0.39 is 34.2 Å². The van der Waals surface area contributed by atoms with E-state index in [9.17, 15) is 23.4 Å². The van der Waals surface area contributed by atoms with Gasteiger partial charge in [-0.15, -0.1) is 0 Å². The molecule has 2 rings (SSSR count). The average Bonchev–Trinajstić information content (AvgIpc) is 2.71. The van der Waals surface area contributed by atoms with Crippen molar-refractivity contribution in [1.29, 1.82) is 0 Å². The topological polar surface area (TPSA) is 104 Å². The highest BCUT2D eigenvalue weighted by Crippen LogP contribution is 2.30. The molecule has 0 fully saturated rings. The van der Waals surface area contributed by atoms with Gasteiger partial charge in [0.2, 0.25) is 10.0 Å². The van der Waals surface area contributed by atoms with Gasteiger partial charge in [-0.1, -0.05) is 23.7 Å². The number of halogens is 1. The van der Waals surface area contributed by atoms with Gasteiger partial charge in [0.15, 0.2) is 0 Å². The molecule has 7 nitrogen and oxygen atoms in total. The minimum Gasteiger partial charge on any atom is -0.465 e. The lowest BCUT2D eigenvalue weighted by Gasteiger charge is -2.41. The maximum absolute atomic E-state index is 13.4. The molecule has 2 aromatic carbocycles. The number of methoxy groups -OCH3 is 1. The first-order valence-corrected chi connectivity index (χ1v) is 10.6. The molecule has 0 radical (unpaired) electrons. The van der Waals surface area contributed by atoms with Crippen LogP contribution < -0.4 is 0 Å². The third-order valence-corrected chi connectivity index (χ3v) is 7.14. The van der Waals surface area contributed by atoms with Crippen molar-refractivity contribution < 1.29 is 28.2 Å². The quantitative estimate of drug-likeness (QED) is 0.610. The normalized spacial score (nSPS) is 15.0. The van der Waals surface area contributed by atoms with Gasteiger partial charge < -0.3 is 14.9 Å². The van der Waals surface area contributed by atoms with Gasteiger partial charge >= 0.3 is 5.97 Å². The van der Waals surface area contributed by atoms with Gasteiger partial charge in [-0.2, -0.15) is 4.31 Å². The summed E-state index contributed by atoms with van der Waals surface area (Å²) in [7, 11) is -2.83. The third kappa shape index (κ3) is 4.96. The summed E-state index contributed by atoms with van der Waals surface area (Å²) in [5.41, 5.74) is -0.598. The number of hydrogen-bond acceptors (Lipinski definition) is 6. The van der Waals surface area contributed by atoms with Crippen molar-refractivity contribution in [2.75, 3.05) is 13.7 Å². The largest absolute Gasteiger partial charge is 0.465 e. The number of aliphatic hydroxyl groups excluding tert-OH is 2. The number of sulfonamides is 1. The summed E-state index contributed by atoms with van der Waals surface area (Å²) in [6.07, 6.45) is -1.16. The molecule has 0 aliphatic carbocycles. The smallest absolute Gasteiger partial charge is 0.337 e. The van der Waals surface area contributed by atoms with Crippen LogP contribution >= 0.6 is 11.6 Å². The fourth-order valence-electron chi connectivity index (χ4n) is 2.72. The molecular weight excluding hydrogens is 418 g/mol. The Kier molecular flexibility index (Phi) is 7.42. The second-order valence-corrected chi connectivity index (χ2v) is 9.14. The number of rotatable bonds is 8. The van der Waals surface area contributed by atoms with Crippen LogP contribution in [0, 0.1) is 0 Å². The zero-order valence-electron chi connectivity index (χ0n) is 16.4. The molecular formula is C20H24ClNO6S. The molecule has 0 bridgehead atoms. The van der Waals surface area contributed by atoms with E-state index in [-0.39, 0.29) is 11.4 Å². The minimum atomic E-state index is -4.10. The summed E-state index contributed by atoms with van der Waals surface area (Å²) in [5.74, 6) is -0.508. The van der Waals surface area contributed by atoms with Gasteiger partial charge in [-0.3, -0.25) is 0 Å². The highest BCUT2D eigenvalue weighted by Gasteiger charge is 2.43. The van der Waals surface area contributed by atoms with Crippen molar-refractivity contribution in [3.05, 3.63) is 64.7 Å². The van der Waals surface area contributed by atoms with Gasteiger partial charge in [0.05, 0.1) is 35.8 Å². The maximum Gasteiger partial charge on any atom is 0.337 e. The lowest BCUT2D eigenvalue weighted by molar-refractivity contribution is -0.00806. The van der Waals surface area contributed by atoms with Crippen LogP contribution in [0.3, 0.4) is 0 Å². The zero-order valence-corrected chi connectivity index (χ0v) is 17.9. The van der Waals surface area contributed by atoms with Crippen molar-refractivity contribution in [3.63, 3.8) is 0 Å². The fourth-order valence-corrected chi connectivity index (χ4v) is 4.66. The Morgan fingerprint density at radius 2 is 1.72 bits per heavy atom. The summed E-state index contributed by atoms with van der Waals surface area (Å²) >= 11 is 5.86. The van der Waals surface area contributed by atoms with E-state index in [1.54, 1.807) is 12.1 Å². The van der Waals surface area contributed by atoms with Gasteiger partial charge in [-0.25, -0.2) is 13.2 Å². The molecule has 0 heterocycles. The molecule has 0 amide bonds. The van der Waals surface area contributed by atoms with E-state index in [2.05, 4.69) is 4.74 Å². The van der Waals surface area contributed by atoms with E-state index in [0.29, 0.717) is 16.1 Å². The van der Waals surface area contributed by atoms with Crippen molar-refractivity contribution >= 4 is 27.6 Å². The Hall–Kier alpha value is -1.97. The molecule has 2 unspecified atom stereocenters. The Labute approximate surface area is 175 Å². The SMILES string of the molecule is COC(=O)c1ccc(CN(C(C)(CO)C(C)O)S(=O)(=O)c2ccc(Cl)cc2)cc1. The Balaban J connectivity index is 2.51. The number of esters is 1. The van der Waals surface area contributed by atoms with Crippen molar-refractivity contribution in [1.82, 2.24) is 4.31 Å². The standard InChI is InChI=1S/C20H24ClNO6S/c1-14(24)20(2,13-23)22(29(26,27)18-10-8-17(21)9-11-18)12-15-4-6-16(7-5-15)19(25)28-3/h4-11,14,23-24H,12-13H2,1-3H3. The van der Waals surface area contributed by atoms with Crippen LogP contribution in [-0.2, 0) is 21.3 Å². The molecule has 0 aromatic heterocycles. The van der Waals surface area contributed by atoms with Gasteiger partial charge in [0.1, 0.15) is 0 Å². The van der Waals surface area contributed by atoms with Gasteiger partial charge in [0.25, 0.3) is 0 Å². The molecule has 158 valence electrons. The first kappa shape index (κ1) is 23.3. The van der Waals surface area contributed by atoms with E-state index in [4.69, 9.17) is 11.6 Å². The number of nitrogens with zero attached hydrogens (tertiary/aromatic N) is 1. The van der Waals surface area contributed by atoms with E-state index in [1.165, 1.54) is 57.4 Å². The predicted octanol–water partition coefficient (Wildman–Crippen LogP) is 2.45. The molecule has 0 saturated heterocycles. The summed E-state index contributed by atoms with van der Waals surface area (Å²) in [6, 6.07) is 11.9. The van der Waals surface area contributed by atoms with Crippen LogP contribution in [0.25, 0.3) is 0 Å². The summed E-state index contributed by atoms with van der Waals surface area (Å²) < 4.78 is 32.4. The summed E-state index contributed by atoms with van der Waals surface area (Å²) in [6.45, 7) is 2.15. The number of carbonyl (C=O) groups excluding carboxylic acids is 1. The first-order chi connectivity index (χ1) is 13.6.